The van der Waals surface area contributed by atoms with Crippen molar-refractivity contribution >= 4 is 146 Å². The molecular formula is C117H115N5O15S5. The maximum Gasteiger partial charge on any atom is 0.365 e. The zero-order chi connectivity index (χ0) is 101. The van der Waals surface area contributed by atoms with Gasteiger partial charge in [-0.15, -0.1) is 11.8 Å². The van der Waals surface area contributed by atoms with Crippen molar-refractivity contribution in [3.8, 4) is 0 Å². The SMILES string of the molecule is C/C(=N\OC(=O)c1ccccc1)C(=O)c1ccc(Sc2ccccc2)cc1.CCC/C(=N\OC(=O)c1ccccc1)C(=O)c1ccc(Sc2ccccc2)cc1.CCCCCC/C(=N\OC(=O)c1ccccc1)C(=O)c1ccc(SC)cc1.CCCCCC/C(=N\OC(=O)c1ccccc1)C(=O)c1ccc(Sc2ccccc2)cc1.CCCCCC/C(=N\OC(C)=O)C(=O)c1ccc(Sc2ccccc2)cc1. The molecule has 0 aliphatic carbocycles. The molecule has 0 saturated carbocycles. The van der Waals surface area contributed by atoms with Crippen molar-refractivity contribution in [2.45, 2.75) is 195 Å². The number of thioether (sulfide) groups is 1. The highest BCUT2D eigenvalue weighted by Gasteiger charge is 2.23. The molecule has 0 fully saturated rings. The lowest BCUT2D eigenvalue weighted by molar-refractivity contribution is -0.140. The van der Waals surface area contributed by atoms with E-state index in [-0.39, 0.29) is 51.8 Å². The molecule has 0 radical (unpaired) electrons. The van der Waals surface area contributed by atoms with E-state index in [0.29, 0.717) is 81.5 Å². The average molecular weight is 1990 g/mol. The molecule has 13 aromatic carbocycles. The van der Waals surface area contributed by atoms with Gasteiger partial charge in [0, 0.05) is 78.8 Å². The summed E-state index contributed by atoms with van der Waals surface area (Å²) in [5, 5.41) is 19.3. The molecule has 13 aromatic rings. The Morgan fingerprint density at radius 2 is 0.408 bits per heavy atom. The number of oxime groups is 5. The number of carbonyl (C=O) groups excluding carboxylic acids is 10. The van der Waals surface area contributed by atoms with E-state index in [1.807, 2.05) is 213 Å². The lowest BCUT2D eigenvalue weighted by Gasteiger charge is -2.07. The summed E-state index contributed by atoms with van der Waals surface area (Å²) in [4.78, 5) is 158. The van der Waals surface area contributed by atoms with Crippen molar-refractivity contribution in [3.63, 3.8) is 0 Å². The molecule has 0 spiro atoms. The summed E-state index contributed by atoms with van der Waals surface area (Å²) in [5.74, 6) is -3.95. The monoisotopic (exact) mass is 1990 g/mol. The minimum Gasteiger partial charge on any atom is -0.318 e. The number of Topliss-reactive ketones (excluding diaryl/α,β-unsaturated/α-hetero) is 5. The summed E-state index contributed by atoms with van der Waals surface area (Å²) in [5.41, 5.74) is 5.42. The average Bonchev–Trinajstić information content (AvgIpc) is 0.866. The molecule has 0 saturated heterocycles. The third-order valence-corrected chi connectivity index (χ3v) is 25.5. The molecule has 728 valence electrons. The van der Waals surface area contributed by atoms with Gasteiger partial charge in [0.2, 0.25) is 28.9 Å². The molecule has 0 amide bonds. The van der Waals surface area contributed by atoms with Crippen molar-refractivity contribution in [1.82, 2.24) is 0 Å². The van der Waals surface area contributed by atoms with Crippen molar-refractivity contribution in [1.29, 1.82) is 0 Å². The molecule has 25 heteroatoms. The molecule has 0 aliphatic heterocycles. The Bertz CT molecular complexity index is 6290. The van der Waals surface area contributed by atoms with Crippen LogP contribution in [0.2, 0.25) is 0 Å². The first-order valence-corrected chi connectivity index (χ1v) is 51.5. The van der Waals surface area contributed by atoms with Crippen LogP contribution in [0.25, 0.3) is 0 Å². The Hall–Kier alpha value is -14.3. The highest BCUT2D eigenvalue weighted by Crippen LogP contribution is 2.33. The van der Waals surface area contributed by atoms with Crippen molar-refractivity contribution in [2.75, 3.05) is 6.26 Å². The second-order valence-electron chi connectivity index (χ2n) is 31.7. The summed E-state index contributed by atoms with van der Waals surface area (Å²) in [6.07, 6.45) is 16.8. The van der Waals surface area contributed by atoms with Gasteiger partial charge in [-0.05, 0) is 277 Å². The number of rotatable bonds is 45. The van der Waals surface area contributed by atoms with Crippen LogP contribution in [-0.2, 0) is 29.0 Å². The van der Waals surface area contributed by atoms with Gasteiger partial charge in [-0.3, -0.25) is 24.0 Å². The van der Waals surface area contributed by atoms with Crippen LogP contribution in [0.3, 0.4) is 0 Å². The van der Waals surface area contributed by atoms with E-state index in [0.717, 1.165) is 128 Å². The van der Waals surface area contributed by atoms with Crippen molar-refractivity contribution in [3.05, 3.63) is 414 Å². The number of unbranched alkanes of at least 4 members (excludes halogenated alkanes) is 9. The van der Waals surface area contributed by atoms with Gasteiger partial charge >= 0.3 is 29.8 Å². The fraction of sp³-hybridized carbons (Fsp3) is 0.205. The molecule has 0 aliphatic rings. The Balaban J connectivity index is 0.000000198. The van der Waals surface area contributed by atoms with Gasteiger partial charge < -0.3 is 24.2 Å². The smallest absolute Gasteiger partial charge is 0.318 e. The normalized spacial score (nSPS) is 11.2. The summed E-state index contributed by atoms with van der Waals surface area (Å²) >= 11 is 8.14. The van der Waals surface area contributed by atoms with Crippen LogP contribution in [0.15, 0.2) is 434 Å². The van der Waals surface area contributed by atoms with E-state index in [1.165, 1.54) is 13.8 Å². The quantitative estimate of drug-likeness (QED) is 0.00856. The molecule has 0 unspecified atom stereocenters. The number of benzene rings is 13. The minimum absolute atomic E-state index is 0.114. The van der Waals surface area contributed by atoms with Crippen LogP contribution in [-0.4, -0.2) is 93.6 Å². The number of ketones is 5. The molecule has 0 heterocycles. The minimum atomic E-state index is -0.600. The maximum atomic E-state index is 13.1. The molecule has 13 rings (SSSR count). The fourth-order valence-electron chi connectivity index (χ4n) is 13.1. The van der Waals surface area contributed by atoms with Crippen LogP contribution < -0.4 is 0 Å². The number of nitrogens with zero attached hydrogens (tertiary/aromatic N) is 5. The Labute approximate surface area is 852 Å². The predicted molar refractivity (Wildman–Crippen MR) is 571 cm³/mol. The molecule has 0 N–H and O–H groups in total. The van der Waals surface area contributed by atoms with Gasteiger partial charge in [0.1, 0.15) is 28.6 Å². The van der Waals surface area contributed by atoms with Gasteiger partial charge in [-0.1, -0.05) is 310 Å². The van der Waals surface area contributed by atoms with E-state index in [1.54, 1.807) is 223 Å². The first-order chi connectivity index (χ1) is 69.2. The van der Waals surface area contributed by atoms with Gasteiger partial charge in [0.15, 0.2) is 0 Å². The Morgan fingerprint density at radius 1 is 0.204 bits per heavy atom. The van der Waals surface area contributed by atoms with E-state index >= 15 is 0 Å². The molecule has 20 nitrogen and oxygen atoms in total. The first-order valence-electron chi connectivity index (χ1n) is 47.0. The van der Waals surface area contributed by atoms with Crippen molar-refractivity contribution in [2.24, 2.45) is 25.8 Å². The van der Waals surface area contributed by atoms with Crippen LogP contribution in [0.4, 0.5) is 0 Å². The lowest BCUT2D eigenvalue weighted by Crippen LogP contribution is -2.16. The van der Waals surface area contributed by atoms with Crippen LogP contribution in [0.1, 0.15) is 244 Å². The van der Waals surface area contributed by atoms with Gasteiger partial charge in [-0.2, -0.15) is 0 Å². The summed E-state index contributed by atoms with van der Waals surface area (Å²) in [7, 11) is 0. The molecule has 0 atom stereocenters. The van der Waals surface area contributed by atoms with Crippen LogP contribution in [0.5, 0.6) is 0 Å². The maximum absolute atomic E-state index is 13.1. The van der Waals surface area contributed by atoms with E-state index < -0.39 is 29.8 Å². The third-order valence-electron chi connectivity index (χ3n) is 20.7. The first kappa shape index (κ1) is 111. The fourth-order valence-corrected chi connectivity index (χ4v) is 16.8. The van der Waals surface area contributed by atoms with Crippen LogP contribution in [0, 0.1) is 0 Å². The van der Waals surface area contributed by atoms with Gasteiger partial charge in [-0.25, -0.2) is 24.0 Å². The van der Waals surface area contributed by atoms with Gasteiger partial charge in [0.05, 0.1) is 22.3 Å². The largest absolute Gasteiger partial charge is 0.365 e. The standard InChI is InChI=1S/C27H27NO3S.C24H21NO3S.C22H17NO3S.2C22H25NO3S/c1-2-3-4-11-16-25(28-31-27(30)22-12-7-5-8-13-22)26(29)21-17-19-24(20-18-21)32-23-14-9-6-10-15-23;1-2-9-22(25-28-24(27)19-10-5-3-6-11-19)23(26)18-14-16-21(17-15-18)29-20-12-7-4-8-13-20;1-16(23-26-22(25)18-8-4-2-5-9-18)21(24)17-12-14-20(15-13-17)27-19-10-6-3-7-11-19;1-3-4-5-9-12-20(21(24)17-13-15-19(27-2)16-14-17)23-26-22(25)18-10-7-6-8-11-18;1-3-4-5-9-12-21(23-26-17(2)24)22(25)18-13-15-20(16-14-18)27-19-10-7-6-8-11-19/h5-10,12-15,17-20H,2-4,11,16H2,1H3;3-8,10-17H,2,9H2,1H3;2-15H,1H3;2*6-8,10-11,13-16H,3-5,9,12H2,1-2H3/b28-25+;25-22+;23-16+;23-20+;23-21+. The number of carbonyl (C=O) groups is 10. The van der Waals surface area contributed by atoms with E-state index in [4.69, 9.17) is 24.2 Å². The number of hydrogen-bond donors (Lipinski definition) is 0. The van der Waals surface area contributed by atoms with Crippen molar-refractivity contribution < 1.29 is 72.1 Å². The predicted octanol–water partition coefficient (Wildman–Crippen LogP) is 30.2. The second-order valence-corrected chi connectivity index (χ2v) is 37.2. The van der Waals surface area contributed by atoms with Gasteiger partial charge in [0.25, 0.3) is 0 Å². The molecular weight excluding hydrogens is 1880 g/mol. The van der Waals surface area contributed by atoms with Crippen LogP contribution >= 0.6 is 58.8 Å². The Kier molecular flexibility index (Phi) is 50.2. The highest BCUT2D eigenvalue weighted by molar-refractivity contribution is 8.00. The topological polar surface area (TPSA) is 279 Å². The summed E-state index contributed by atoms with van der Waals surface area (Å²) < 4.78 is 0. The summed E-state index contributed by atoms with van der Waals surface area (Å²) in [6, 6.07) is 111. The van der Waals surface area contributed by atoms with E-state index in [9.17, 15) is 47.9 Å². The highest BCUT2D eigenvalue weighted by atomic mass is 32.2. The summed E-state index contributed by atoms with van der Waals surface area (Å²) in [6.45, 7) is 11.1. The second kappa shape index (κ2) is 64.1. The zero-order valence-electron chi connectivity index (χ0n) is 80.6. The Morgan fingerprint density at radius 3 is 0.634 bits per heavy atom. The zero-order valence-corrected chi connectivity index (χ0v) is 84.6. The molecule has 0 aromatic heterocycles. The number of hydrogen-bond acceptors (Lipinski definition) is 25. The van der Waals surface area contributed by atoms with E-state index in [2.05, 4.69) is 46.5 Å². The molecule has 142 heavy (non-hydrogen) atoms. The lowest BCUT2D eigenvalue weighted by atomic mass is 10.0. The molecule has 0 bridgehead atoms. The third kappa shape index (κ3) is 40.5.